The summed E-state index contributed by atoms with van der Waals surface area (Å²) in [4.78, 5) is 12.0. The lowest BCUT2D eigenvalue weighted by atomic mass is 10.1. The van der Waals surface area contributed by atoms with Crippen molar-refractivity contribution in [1.82, 2.24) is 0 Å². The van der Waals surface area contributed by atoms with E-state index in [4.69, 9.17) is 16.9 Å². The van der Waals surface area contributed by atoms with E-state index >= 15 is 0 Å². The number of hydrogen-bond donors (Lipinski definition) is 1. The monoisotopic (exact) mass is 352 g/mol. The van der Waals surface area contributed by atoms with Gasteiger partial charge in [-0.3, -0.25) is 4.79 Å². The Bertz CT molecular complexity index is 728. The topological polar surface area (TPSA) is 52.9 Å². The van der Waals surface area contributed by atoms with E-state index in [0.29, 0.717) is 10.7 Å². The summed E-state index contributed by atoms with van der Waals surface area (Å²) in [6.07, 6.45) is 0. The maximum Gasteiger partial charge on any atom is 0.258 e. The Hall–Kier alpha value is -1.90. The molecule has 0 bridgehead atoms. The zero-order valence-electron chi connectivity index (χ0n) is 9.95. The highest BCUT2D eigenvalue weighted by atomic mass is 79.9. The zero-order chi connectivity index (χ0) is 14.7. The summed E-state index contributed by atoms with van der Waals surface area (Å²) in [5, 5.41) is 11.5. The summed E-state index contributed by atoms with van der Waals surface area (Å²) in [6.45, 7) is 0. The van der Waals surface area contributed by atoms with Gasteiger partial charge < -0.3 is 5.32 Å². The SMILES string of the molecule is N#Cc1ccc(C(=O)Nc2ccc(Br)cc2Cl)c(F)c1. The predicted octanol–water partition coefficient (Wildman–Crippen LogP) is 4.37. The molecule has 0 fully saturated rings. The van der Waals surface area contributed by atoms with Crippen LogP contribution in [0.2, 0.25) is 5.02 Å². The van der Waals surface area contributed by atoms with E-state index in [0.717, 1.165) is 10.5 Å². The van der Waals surface area contributed by atoms with Gasteiger partial charge in [-0.15, -0.1) is 0 Å². The maximum atomic E-state index is 13.7. The molecule has 0 spiro atoms. The fourth-order valence-electron chi connectivity index (χ4n) is 1.55. The van der Waals surface area contributed by atoms with Gasteiger partial charge in [0.25, 0.3) is 5.91 Å². The van der Waals surface area contributed by atoms with Crippen molar-refractivity contribution >= 4 is 39.1 Å². The molecule has 0 atom stereocenters. The summed E-state index contributed by atoms with van der Waals surface area (Å²) >= 11 is 9.21. The molecule has 3 nitrogen and oxygen atoms in total. The number of nitriles is 1. The van der Waals surface area contributed by atoms with Crippen LogP contribution in [-0.2, 0) is 0 Å². The lowest BCUT2D eigenvalue weighted by Crippen LogP contribution is -2.14. The number of anilines is 1. The Morgan fingerprint density at radius 3 is 2.65 bits per heavy atom. The number of rotatable bonds is 2. The standard InChI is InChI=1S/C14H7BrClFN2O/c15-9-2-4-13(11(16)6-9)19-14(20)10-3-1-8(7-18)5-12(10)17/h1-6H,(H,19,20). The van der Waals surface area contributed by atoms with Crippen molar-refractivity contribution in [2.45, 2.75) is 0 Å². The molecule has 0 unspecified atom stereocenters. The number of nitrogens with one attached hydrogen (secondary N) is 1. The average Bonchev–Trinajstić information content (AvgIpc) is 2.41. The number of halogens is 3. The first kappa shape index (κ1) is 14.5. The molecule has 0 saturated carbocycles. The molecule has 2 aromatic carbocycles. The van der Waals surface area contributed by atoms with E-state index < -0.39 is 11.7 Å². The first-order valence-electron chi connectivity index (χ1n) is 5.47. The largest absolute Gasteiger partial charge is 0.321 e. The van der Waals surface area contributed by atoms with Crippen LogP contribution >= 0.6 is 27.5 Å². The van der Waals surface area contributed by atoms with Crippen LogP contribution in [0.5, 0.6) is 0 Å². The number of amides is 1. The van der Waals surface area contributed by atoms with Gasteiger partial charge in [0, 0.05) is 4.47 Å². The molecule has 0 aromatic heterocycles. The third-order valence-corrected chi connectivity index (χ3v) is 3.33. The highest BCUT2D eigenvalue weighted by Crippen LogP contribution is 2.26. The van der Waals surface area contributed by atoms with Crippen LogP contribution < -0.4 is 5.32 Å². The lowest BCUT2D eigenvalue weighted by molar-refractivity contribution is 0.102. The van der Waals surface area contributed by atoms with E-state index in [1.165, 1.54) is 12.1 Å². The molecule has 100 valence electrons. The molecule has 2 rings (SSSR count). The van der Waals surface area contributed by atoms with Crippen LogP contribution in [0, 0.1) is 17.1 Å². The molecule has 0 heterocycles. The zero-order valence-corrected chi connectivity index (χ0v) is 12.3. The molecule has 2 aromatic rings. The van der Waals surface area contributed by atoms with Gasteiger partial charge in [-0.2, -0.15) is 5.26 Å². The molecule has 1 amide bonds. The van der Waals surface area contributed by atoms with Gasteiger partial charge in [0.2, 0.25) is 0 Å². The second-order valence-corrected chi connectivity index (χ2v) is 5.21. The number of hydrogen-bond acceptors (Lipinski definition) is 2. The summed E-state index contributed by atoms with van der Waals surface area (Å²) in [5.41, 5.74) is 0.382. The smallest absolute Gasteiger partial charge is 0.258 e. The van der Waals surface area contributed by atoms with Crippen molar-refractivity contribution in [3.05, 3.63) is 62.8 Å². The maximum absolute atomic E-state index is 13.7. The minimum Gasteiger partial charge on any atom is -0.321 e. The highest BCUT2D eigenvalue weighted by molar-refractivity contribution is 9.10. The van der Waals surface area contributed by atoms with E-state index in [1.54, 1.807) is 24.3 Å². The van der Waals surface area contributed by atoms with Gasteiger partial charge in [0.1, 0.15) is 5.82 Å². The van der Waals surface area contributed by atoms with Crippen molar-refractivity contribution in [1.29, 1.82) is 5.26 Å². The van der Waals surface area contributed by atoms with Crippen molar-refractivity contribution in [2.75, 3.05) is 5.32 Å². The molecule has 6 heteroatoms. The quantitative estimate of drug-likeness (QED) is 0.872. The van der Waals surface area contributed by atoms with Crippen LogP contribution in [0.3, 0.4) is 0 Å². The third-order valence-electron chi connectivity index (χ3n) is 2.52. The Morgan fingerprint density at radius 1 is 1.30 bits per heavy atom. The number of benzene rings is 2. The summed E-state index contributed by atoms with van der Waals surface area (Å²) in [6, 6.07) is 10.4. The Balaban J connectivity index is 2.26. The van der Waals surface area contributed by atoms with E-state index in [1.807, 2.05) is 0 Å². The molecule has 0 radical (unpaired) electrons. The van der Waals surface area contributed by atoms with Crippen molar-refractivity contribution in [3.8, 4) is 6.07 Å². The first-order valence-corrected chi connectivity index (χ1v) is 6.64. The summed E-state index contributed by atoms with van der Waals surface area (Å²) < 4.78 is 14.5. The van der Waals surface area contributed by atoms with Crippen LogP contribution in [0.1, 0.15) is 15.9 Å². The second kappa shape index (κ2) is 6.04. The minimum atomic E-state index is -0.755. The van der Waals surface area contributed by atoms with Crippen molar-refractivity contribution < 1.29 is 9.18 Å². The predicted molar refractivity (Wildman–Crippen MR) is 78.2 cm³/mol. The first-order chi connectivity index (χ1) is 9.51. The molecule has 20 heavy (non-hydrogen) atoms. The molecular formula is C14H7BrClFN2O. The van der Waals surface area contributed by atoms with E-state index in [2.05, 4.69) is 21.2 Å². The van der Waals surface area contributed by atoms with Crippen LogP contribution in [0.25, 0.3) is 0 Å². The lowest BCUT2D eigenvalue weighted by Gasteiger charge is -2.08. The fourth-order valence-corrected chi connectivity index (χ4v) is 2.27. The molecule has 1 N–H and O–H groups in total. The van der Waals surface area contributed by atoms with Crippen molar-refractivity contribution in [2.24, 2.45) is 0 Å². The Labute approximate surface area is 128 Å². The number of nitrogens with zero attached hydrogens (tertiary/aromatic N) is 1. The van der Waals surface area contributed by atoms with Crippen LogP contribution in [-0.4, -0.2) is 5.91 Å². The average molecular weight is 354 g/mol. The fraction of sp³-hybridized carbons (Fsp3) is 0. The minimum absolute atomic E-state index is 0.150. The van der Waals surface area contributed by atoms with Crippen molar-refractivity contribution in [3.63, 3.8) is 0 Å². The third kappa shape index (κ3) is 3.16. The molecule has 0 aliphatic heterocycles. The number of carbonyl (C=O) groups excluding carboxylic acids is 1. The molecule has 0 aliphatic carbocycles. The molecular weight excluding hydrogens is 347 g/mol. The Morgan fingerprint density at radius 2 is 2.05 bits per heavy atom. The normalized spacial score (nSPS) is 9.90. The molecule has 0 saturated heterocycles. The van der Waals surface area contributed by atoms with E-state index in [9.17, 15) is 9.18 Å². The van der Waals surface area contributed by atoms with Crippen LogP contribution in [0.15, 0.2) is 40.9 Å². The van der Waals surface area contributed by atoms with Crippen LogP contribution in [0.4, 0.5) is 10.1 Å². The summed E-state index contributed by atoms with van der Waals surface area (Å²) in [5.74, 6) is -1.38. The highest BCUT2D eigenvalue weighted by Gasteiger charge is 2.13. The van der Waals surface area contributed by atoms with E-state index in [-0.39, 0.29) is 11.1 Å². The summed E-state index contributed by atoms with van der Waals surface area (Å²) in [7, 11) is 0. The van der Waals surface area contributed by atoms with Gasteiger partial charge in [-0.25, -0.2) is 4.39 Å². The second-order valence-electron chi connectivity index (χ2n) is 3.88. The van der Waals surface area contributed by atoms with Gasteiger partial charge in [0.05, 0.1) is 27.9 Å². The molecule has 0 aliphatic rings. The van der Waals surface area contributed by atoms with Gasteiger partial charge in [0.15, 0.2) is 0 Å². The van der Waals surface area contributed by atoms with Gasteiger partial charge in [-0.05, 0) is 36.4 Å². The van der Waals surface area contributed by atoms with Gasteiger partial charge >= 0.3 is 0 Å². The number of carbonyl (C=O) groups is 1. The Kier molecular flexibility index (Phi) is 4.38. The van der Waals surface area contributed by atoms with Gasteiger partial charge in [-0.1, -0.05) is 27.5 Å².